The van der Waals surface area contributed by atoms with E-state index in [9.17, 15) is 10.2 Å². The minimum Gasteiger partial charge on any atom is -0.387 e. The predicted octanol–water partition coefficient (Wildman–Crippen LogP) is -0.550. The van der Waals surface area contributed by atoms with Crippen molar-refractivity contribution < 1.29 is 14.9 Å². The van der Waals surface area contributed by atoms with Crippen molar-refractivity contribution in [1.82, 2.24) is 24.8 Å². The van der Waals surface area contributed by atoms with Crippen molar-refractivity contribution in [3.63, 3.8) is 0 Å². The number of nitrogen functional groups attached to an aromatic ring is 1. The van der Waals surface area contributed by atoms with E-state index < -0.39 is 24.2 Å². The van der Waals surface area contributed by atoms with Crippen LogP contribution in [0.1, 0.15) is 17.5 Å². The molecule has 1 saturated heterocycles. The van der Waals surface area contributed by atoms with Crippen LogP contribution in [0.25, 0.3) is 11.2 Å². The lowest BCUT2D eigenvalue weighted by atomic mass is 9.98. The molecule has 0 radical (unpaired) electrons. The maximum absolute atomic E-state index is 10.9. The van der Waals surface area contributed by atoms with Crippen molar-refractivity contribution in [2.75, 3.05) is 12.8 Å². The molecule has 0 amide bonds. The van der Waals surface area contributed by atoms with Gasteiger partial charge in [-0.15, -0.1) is 0 Å². The van der Waals surface area contributed by atoms with E-state index in [4.69, 9.17) is 16.2 Å². The molecule has 10 nitrogen and oxygen atoms in total. The first-order chi connectivity index (χ1) is 14.0. The van der Waals surface area contributed by atoms with E-state index in [-0.39, 0.29) is 5.82 Å². The minimum absolute atomic E-state index is 0.225. The molecule has 1 aliphatic rings. The minimum atomic E-state index is -1.44. The van der Waals surface area contributed by atoms with Crippen molar-refractivity contribution >= 4 is 17.0 Å². The van der Waals surface area contributed by atoms with E-state index in [0.29, 0.717) is 30.6 Å². The average Bonchev–Trinajstić information content (AvgIpc) is 3.28. The highest BCUT2D eigenvalue weighted by Crippen LogP contribution is 2.37. The fourth-order valence-electron chi connectivity index (χ4n) is 3.96. The molecule has 4 atom stereocenters. The molecule has 1 aliphatic heterocycles. The molecule has 4 rings (SSSR count). The number of nitrogens with two attached hydrogens (primary N) is 2. The van der Waals surface area contributed by atoms with Gasteiger partial charge in [-0.1, -0.05) is 24.3 Å². The van der Waals surface area contributed by atoms with E-state index in [1.54, 1.807) is 11.6 Å². The van der Waals surface area contributed by atoms with Gasteiger partial charge in [0.1, 0.15) is 30.4 Å². The number of hydrogen-bond donors (Lipinski definition) is 5. The van der Waals surface area contributed by atoms with Gasteiger partial charge in [0.15, 0.2) is 11.5 Å². The standard InChI is InChI=1S/C19H25N7O3/c1-22-19(26-10-25-14-17(21)23-9-24-18(14)26)16(28)15(27)13(29-19)7-6-11-4-2-3-5-12(11)8-20/h2-5,9-10,13,15-16,22,27-28H,6-8,20H2,1H3,(H2,21,23,24)/t13-,15-,16-,19+/m1/s1. The number of aliphatic hydroxyl groups is 2. The summed E-state index contributed by atoms with van der Waals surface area (Å²) in [4.78, 5) is 12.4. The highest BCUT2D eigenvalue weighted by atomic mass is 16.6. The lowest BCUT2D eigenvalue weighted by Crippen LogP contribution is -2.54. The Morgan fingerprint density at radius 3 is 2.69 bits per heavy atom. The second kappa shape index (κ2) is 7.65. The largest absolute Gasteiger partial charge is 0.387 e. The highest BCUT2D eigenvalue weighted by molar-refractivity contribution is 5.81. The van der Waals surface area contributed by atoms with Crippen LogP contribution in [-0.2, 0) is 23.6 Å². The summed E-state index contributed by atoms with van der Waals surface area (Å²) in [6.45, 7) is 0.440. The number of imidazole rings is 1. The van der Waals surface area contributed by atoms with E-state index in [1.165, 1.54) is 12.7 Å². The smallest absolute Gasteiger partial charge is 0.234 e. The summed E-state index contributed by atoms with van der Waals surface area (Å²) in [5, 5.41) is 24.6. The van der Waals surface area contributed by atoms with Gasteiger partial charge in [-0.05, 0) is 31.0 Å². The number of rotatable bonds is 6. The number of ether oxygens (including phenoxy) is 1. The molecule has 2 aromatic heterocycles. The summed E-state index contributed by atoms with van der Waals surface area (Å²) in [6.07, 6.45) is 0.968. The third-order valence-electron chi connectivity index (χ3n) is 5.55. The zero-order valence-corrected chi connectivity index (χ0v) is 16.1. The van der Waals surface area contributed by atoms with Crippen molar-refractivity contribution in [3.05, 3.63) is 48.0 Å². The molecule has 154 valence electrons. The molecule has 7 N–H and O–H groups in total. The normalized spacial score (nSPS) is 27.0. The van der Waals surface area contributed by atoms with Gasteiger partial charge in [-0.25, -0.2) is 15.0 Å². The van der Waals surface area contributed by atoms with Crippen molar-refractivity contribution in [1.29, 1.82) is 0 Å². The Bertz CT molecular complexity index is 1010. The Kier molecular flexibility index (Phi) is 5.19. The maximum Gasteiger partial charge on any atom is 0.234 e. The van der Waals surface area contributed by atoms with Gasteiger partial charge in [0.2, 0.25) is 5.85 Å². The number of aryl methyl sites for hydroxylation is 1. The fourth-order valence-corrected chi connectivity index (χ4v) is 3.96. The molecule has 1 aromatic carbocycles. The molecule has 3 heterocycles. The third-order valence-corrected chi connectivity index (χ3v) is 5.55. The summed E-state index contributed by atoms with van der Waals surface area (Å²) >= 11 is 0. The topological polar surface area (TPSA) is 157 Å². The Morgan fingerprint density at radius 2 is 1.97 bits per heavy atom. The molecule has 1 fully saturated rings. The second-order valence-electron chi connectivity index (χ2n) is 7.10. The Morgan fingerprint density at radius 1 is 1.21 bits per heavy atom. The number of hydrogen-bond acceptors (Lipinski definition) is 9. The SMILES string of the molecule is CN[C@@]1(n2cnc3c(N)ncnc32)O[C@H](CCc2ccccc2CN)[C@@H](O)[C@H]1O. The Labute approximate surface area is 167 Å². The maximum atomic E-state index is 10.9. The van der Waals surface area contributed by atoms with Crippen LogP contribution in [0.4, 0.5) is 5.82 Å². The van der Waals surface area contributed by atoms with E-state index in [0.717, 1.165) is 11.1 Å². The molecule has 0 saturated carbocycles. The first-order valence-corrected chi connectivity index (χ1v) is 9.45. The molecule has 29 heavy (non-hydrogen) atoms. The molecule has 0 aliphatic carbocycles. The first-order valence-electron chi connectivity index (χ1n) is 9.45. The van der Waals surface area contributed by atoms with Crippen molar-refractivity contribution in [2.24, 2.45) is 5.73 Å². The number of anilines is 1. The van der Waals surface area contributed by atoms with Crippen LogP contribution < -0.4 is 16.8 Å². The number of benzene rings is 1. The fraction of sp³-hybridized carbons (Fsp3) is 0.421. The third kappa shape index (κ3) is 3.15. The van der Waals surface area contributed by atoms with Gasteiger partial charge in [-0.3, -0.25) is 9.88 Å². The van der Waals surface area contributed by atoms with E-state index in [2.05, 4.69) is 20.3 Å². The summed E-state index contributed by atoms with van der Waals surface area (Å²) in [7, 11) is 1.64. The van der Waals surface area contributed by atoms with Gasteiger partial charge in [0.25, 0.3) is 0 Å². The van der Waals surface area contributed by atoms with Gasteiger partial charge in [0, 0.05) is 6.54 Å². The van der Waals surface area contributed by atoms with Crippen LogP contribution in [-0.4, -0.2) is 55.1 Å². The molecule has 0 bridgehead atoms. The molecule has 10 heteroatoms. The van der Waals surface area contributed by atoms with Gasteiger partial charge < -0.3 is 26.4 Å². The molecule has 0 unspecified atom stereocenters. The molecule has 0 spiro atoms. The summed E-state index contributed by atoms with van der Waals surface area (Å²) < 4.78 is 7.73. The number of aromatic nitrogens is 4. The van der Waals surface area contributed by atoms with Crippen molar-refractivity contribution in [2.45, 2.75) is 43.5 Å². The van der Waals surface area contributed by atoms with Crippen LogP contribution in [0.15, 0.2) is 36.9 Å². The van der Waals surface area contributed by atoms with E-state index in [1.807, 2.05) is 24.3 Å². The average molecular weight is 399 g/mol. The highest BCUT2D eigenvalue weighted by Gasteiger charge is 2.55. The monoisotopic (exact) mass is 399 g/mol. The quantitative estimate of drug-likeness (QED) is 0.367. The molecular weight excluding hydrogens is 374 g/mol. The first kappa shape index (κ1) is 19.7. The zero-order chi connectivity index (χ0) is 20.6. The van der Waals surface area contributed by atoms with Crippen molar-refractivity contribution in [3.8, 4) is 0 Å². The van der Waals surface area contributed by atoms with Crippen LogP contribution in [0.3, 0.4) is 0 Å². The predicted molar refractivity (Wildman–Crippen MR) is 106 cm³/mol. The van der Waals surface area contributed by atoms with E-state index >= 15 is 0 Å². The number of fused-ring (bicyclic) bond motifs is 1. The number of likely N-dealkylation sites (N-methyl/N-ethyl adjacent to an activating group) is 1. The lowest BCUT2D eigenvalue weighted by Gasteiger charge is -2.33. The molecular formula is C19H25N7O3. The van der Waals surface area contributed by atoms with Gasteiger partial charge in [-0.2, -0.15) is 0 Å². The zero-order valence-electron chi connectivity index (χ0n) is 16.1. The van der Waals surface area contributed by atoms with Crippen LogP contribution in [0.5, 0.6) is 0 Å². The molecule has 3 aromatic rings. The summed E-state index contributed by atoms with van der Waals surface area (Å²) in [5.74, 6) is -1.21. The van der Waals surface area contributed by atoms with Gasteiger partial charge >= 0.3 is 0 Å². The number of nitrogens with zero attached hydrogens (tertiary/aromatic N) is 4. The van der Waals surface area contributed by atoms with Crippen LogP contribution in [0, 0.1) is 0 Å². The summed E-state index contributed by atoms with van der Waals surface area (Å²) in [5.41, 5.74) is 14.6. The number of aliphatic hydroxyl groups excluding tert-OH is 2. The lowest BCUT2D eigenvalue weighted by molar-refractivity contribution is -0.159. The Balaban J connectivity index is 1.63. The summed E-state index contributed by atoms with van der Waals surface area (Å²) in [6, 6.07) is 7.89. The Hall–Kier alpha value is -2.63. The second-order valence-corrected chi connectivity index (χ2v) is 7.10. The van der Waals surface area contributed by atoms with Gasteiger partial charge in [0.05, 0.1) is 6.10 Å². The number of nitrogens with one attached hydrogen (secondary N) is 1. The van der Waals surface area contributed by atoms with Crippen LogP contribution >= 0.6 is 0 Å². The van der Waals surface area contributed by atoms with Crippen LogP contribution in [0.2, 0.25) is 0 Å².